The lowest BCUT2D eigenvalue weighted by Gasteiger charge is -2.09. The first-order chi connectivity index (χ1) is 11.5. The van der Waals surface area contributed by atoms with E-state index in [0.717, 1.165) is 10.6 Å². The Hall–Kier alpha value is -2.92. The molecule has 1 N–H and O–H groups in total. The van der Waals surface area contributed by atoms with Crippen LogP contribution in [-0.2, 0) is 4.79 Å². The minimum atomic E-state index is -0.509. The Labute approximate surface area is 143 Å². The number of hydrazone groups is 1. The zero-order valence-electron chi connectivity index (χ0n) is 12.7. The van der Waals surface area contributed by atoms with Gasteiger partial charge >= 0.3 is 0 Å². The van der Waals surface area contributed by atoms with Gasteiger partial charge in [0.15, 0.2) is 0 Å². The van der Waals surface area contributed by atoms with Crippen LogP contribution >= 0.6 is 11.6 Å². The van der Waals surface area contributed by atoms with E-state index in [1.807, 2.05) is 0 Å². The van der Waals surface area contributed by atoms with Crippen molar-refractivity contribution in [2.75, 3.05) is 0 Å². The van der Waals surface area contributed by atoms with Crippen molar-refractivity contribution in [3.8, 4) is 5.75 Å². The van der Waals surface area contributed by atoms with Gasteiger partial charge in [-0.25, -0.2) is 0 Å². The zero-order valence-corrected chi connectivity index (χ0v) is 13.5. The molecule has 0 atom stereocenters. The number of halogens is 1. The van der Waals surface area contributed by atoms with Gasteiger partial charge in [0.1, 0.15) is 5.75 Å². The molecule has 120 valence electrons. The molecule has 0 saturated carbocycles. The van der Waals surface area contributed by atoms with Crippen LogP contribution in [0.1, 0.15) is 22.8 Å². The molecule has 2 amide bonds. The van der Waals surface area contributed by atoms with Gasteiger partial charge in [-0.1, -0.05) is 23.7 Å². The van der Waals surface area contributed by atoms with Crippen LogP contribution in [0, 0.1) is 0 Å². The summed E-state index contributed by atoms with van der Waals surface area (Å²) < 4.78 is 0. The van der Waals surface area contributed by atoms with Gasteiger partial charge in [0.05, 0.1) is 11.3 Å². The van der Waals surface area contributed by atoms with E-state index >= 15 is 0 Å². The predicted octanol–water partition coefficient (Wildman–Crippen LogP) is 3.49. The highest BCUT2D eigenvalue weighted by Gasteiger charge is 2.32. The molecular weight excluding hydrogens is 328 g/mol. The highest BCUT2D eigenvalue weighted by molar-refractivity contribution is 6.31. The molecule has 0 unspecified atom stereocenters. The number of phenolic OH excluding ortho intramolecular Hbond substituents is 1. The molecule has 1 aliphatic rings. The van der Waals surface area contributed by atoms with Crippen LogP contribution in [-0.4, -0.2) is 27.6 Å². The minimum Gasteiger partial charge on any atom is -0.508 e. The summed E-state index contributed by atoms with van der Waals surface area (Å²) in [6.45, 7) is 1.67. The molecular formula is C18H13ClN2O3. The summed E-state index contributed by atoms with van der Waals surface area (Å²) >= 11 is 5.81. The third-order valence-electron chi connectivity index (χ3n) is 3.55. The Morgan fingerprint density at radius 3 is 2.38 bits per heavy atom. The summed E-state index contributed by atoms with van der Waals surface area (Å²) in [5.41, 5.74) is 1.85. The third-order valence-corrected chi connectivity index (χ3v) is 3.80. The summed E-state index contributed by atoms with van der Waals surface area (Å²) in [6.07, 6.45) is 1.63. The van der Waals surface area contributed by atoms with Crippen LogP contribution in [0.3, 0.4) is 0 Å². The maximum Gasteiger partial charge on any atom is 0.283 e. The second kappa shape index (κ2) is 6.29. The molecule has 2 aromatic carbocycles. The minimum absolute atomic E-state index is 0.139. The standard InChI is InChI=1S/C18H13ClN2O3/c1-11-16(10-12-2-8-15(22)9-3-12)18(24)21(20-11)17(23)13-4-6-14(19)7-5-13/h2-10,22H,1H3/b16-10-. The molecule has 3 rings (SSSR count). The van der Waals surface area contributed by atoms with Crippen molar-refractivity contribution in [2.45, 2.75) is 6.92 Å². The Morgan fingerprint density at radius 2 is 1.75 bits per heavy atom. The number of carbonyl (C=O) groups is 2. The average molecular weight is 341 g/mol. The molecule has 0 aromatic heterocycles. The molecule has 0 saturated heterocycles. The van der Waals surface area contributed by atoms with E-state index in [9.17, 15) is 14.7 Å². The fourth-order valence-electron chi connectivity index (χ4n) is 2.27. The van der Waals surface area contributed by atoms with Crippen molar-refractivity contribution in [1.29, 1.82) is 0 Å². The van der Waals surface area contributed by atoms with Gasteiger partial charge in [-0.05, 0) is 55.0 Å². The predicted molar refractivity (Wildman–Crippen MR) is 91.8 cm³/mol. The van der Waals surface area contributed by atoms with Crippen LogP contribution in [0.2, 0.25) is 5.02 Å². The van der Waals surface area contributed by atoms with E-state index in [1.54, 1.807) is 49.4 Å². The fourth-order valence-corrected chi connectivity index (χ4v) is 2.40. The summed E-state index contributed by atoms with van der Waals surface area (Å²) in [5.74, 6) is -0.856. The van der Waals surface area contributed by atoms with Gasteiger partial charge < -0.3 is 5.11 Å². The van der Waals surface area contributed by atoms with Gasteiger partial charge in [0.25, 0.3) is 11.8 Å². The maximum atomic E-state index is 12.5. The second-order valence-corrected chi connectivity index (χ2v) is 5.70. The van der Waals surface area contributed by atoms with E-state index in [0.29, 0.717) is 21.9 Å². The molecule has 2 aromatic rings. The molecule has 6 heteroatoms. The Balaban J connectivity index is 1.88. The quantitative estimate of drug-likeness (QED) is 0.672. The smallest absolute Gasteiger partial charge is 0.283 e. The van der Waals surface area contributed by atoms with E-state index in [-0.39, 0.29) is 5.75 Å². The lowest BCUT2D eigenvalue weighted by molar-refractivity contribution is -0.123. The summed E-state index contributed by atoms with van der Waals surface area (Å²) in [7, 11) is 0. The number of hydrogen-bond acceptors (Lipinski definition) is 4. The number of benzene rings is 2. The molecule has 1 aliphatic heterocycles. The summed E-state index contributed by atoms with van der Waals surface area (Å²) in [6, 6.07) is 12.6. The first-order valence-electron chi connectivity index (χ1n) is 7.16. The molecule has 0 aliphatic carbocycles. The van der Waals surface area contributed by atoms with Gasteiger partial charge in [-0.2, -0.15) is 10.1 Å². The van der Waals surface area contributed by atoms with Crippen LogP contribution < -0.4 is 0 Å². The topological polar surface area (TPSA) is 70.0 Å². The Kier molecular flexibility index (Phi) is 4.18. The van der Waals surface area contributed by atoms with Crippen LogP contribution in [0.15, 0.2) is 59.2 Å². The molecule has 5 nitrogen and oxygen atoms in total. The van der Waals surface area contributed by atoms with Gasteiger partial charge in [0, 0.05) is 10.6 Å². The lowest BCUT2D eigenvalue weighted by Crippen LogP contribution is -2.29. The highest BCUT2D eigenvalue weighted by Crippen LogP contribution is 2.22. The number of aromatic hydroxyl groups is 1. The highest BCUT2D eigenvalue weighted by atomic mass is 35.5. The van der Waals surface area contributed by atoms with Crippen molar-refractivity contribution >= 4 is 35.2 Å². The second-order valence-electron chi connectivity index (χ2n) is 5.26. The van der Waals surface area contributed by atoms with Crippen LogP contribution in [0.25, 0.3) is 6.08 Å². The number of carbonyl (C=O) groups excluding carboxylic acids is 2. The van der Waals surface area contributed by atoms with Crippen molar-refractivity contribution < 1.29 is 14.7 Å². The number of nitrogens with zero attached hydrogens (tertiary/aromatic N) is 2. The number of rotatable bonds is 2. The first-order valence-corrected chi connectivity index (χ1v) is 7.54. The fraction of sp³-hybridized carbons (Fsp3) is 0.0556. The zero-order chi connectivity index (χ0) is 17.3. The van der Waals surface area contributed by atoms with E-state index in [2.05, 4.69) is 5.10 Å². The number of imide groups is 1. The molecule has 0 bridgehead atoms. The van der Waals surface area contributed by atoms with Crippen molar-refractivity contribution in [3.05, 3.63) is 70.3 Å². The van der Waals surface area contributed by atoms with E-state index < -0.39 is 11.8 Å². The average Bonchev–Trinajstić information content (AvgIpc) is 2.85. The lowest BCUT2D eigenvalue weighted by atomic mass is 10.1. The van der Waals surface area contributed by atoms with Gasteiger partial charge in [-0.15, -0.1) is 0 Å². The first kappa shape index (κ1) is 16.0. The normalized spacial score (nSPS) is 15.8. The molecule has 0 spiro atoms. The maximum absolute atomic E-state index is 12.5. The van der Waals surface area contributed by atoms with Gasteiger partial charge in [0.2, 0.25) is 0 Å². The number of hydrogen-bond donors (Lipinski definition) is 1. The van der Waals surface area contributed by atoms with Gasteiger partial charge in [-0.3, -0.25) is 9.59 Å². The molecule has 0 fully saturated rings. The Morgan fingerprint density at radius 1 is 1.12 bits per heavy atom. The van der Waals surface area contributed by atoms with Crippen molar-refractivity contribution in [3.63, 3.8) is 0 Å². The van der Waals surface area contributed by atoms with Crippen LogP contribution in [0.5, 0.6) is 5.75 Å². The van der Waals surface area contributed by atoms with E-state index in [1.165, 1.54) is 12.1 Å². The summed E-state index contributed by atoms with van der Waals surface area (Å²) in [5, 5.41) is 14.7. The van der Waals surface area contributed by atoms with Crippen LogP contribution in [0.4, 0.5) is 0 Å². The molecule has 0 radical (unpaired) electrons. The monoisotopic (exact) mass is 340 g/mol. The Bertz CT molecular complexity index is 868. The largest absolute Gasteiger partial charge is 0.508 e. The van der Waals surface area contributed by atoms with E-state index in [4.69, 9.17) is 11.6 Å². The third kappa shape index (κ3) is 3.07. The molecule has 24 heavy (non-hydrogen) atoms. The van der Waals surface area contributed by atoms with Crippen molar-refractivity contribution in [1.82, 2.24) is 5.01 Å². The number of amides is 2. The number of phenols is 1. The summed E-state index contributed by atoms with van der Waals surface area (Å²) in [4.78, 5) is 25.0. The molecule has 1 heterocycles. The van der Waals surface area contributed by atoms with Crippen molar-refractivity contribution in [2.24, 2.45) is 5.10 Å². The SMILES string of the molecule is CC1=NN(C(=O)c2ccc(Cl)cc2)C(=O)/C1=C\c1ccc(O)cc1.